The Balaban J connectivity index is 1.94. The lowest BCUT2D eigenvalue weighted by molar-refractivity contribution is -0.147. The van der Waals surface area contributed by atoms with Crippen LogP contribution in [-0.4, -0.2) is 5.78 Å². The lowest BCUT2D eigenvalue weighted by Gasteiger charge is -2.50. The van der Waals surface area contributed by atoms with E-state index >= 15 is 0 Å². The Morgan fingerprint density at radius 3 is 3.00 bits per heavy atom. The zero-order valence-corrected chi connectivity index (χ0v) is 8.38. The minimum absolute atomic E-state index is 0.484. The molecule has 1 nitrogen and oxygen atoms in total. The Morgan fingerprint density at radius 2 is 2.23 bits per heavy atom. The molecular weight excluding hydrogens is 160 g/mol. The number of Topliss-reactive ketones (excluding diaryl/α,β-unsaturated/α-hetero) is 1. The van der Waals surface area contributed by atoms with E-state index in [9.17, 15) is 4.79 Å². The first-order valence-electron chi connectivity index (χ1n) is 5.77. The van der Waals surface area contributed by atoms with Crippen molar-refractivity contribution in [3.8, 4) is 0 Å². The first-order valence-corrected chi connectivity index (χ1v) is 5.77. The largest absolute Gasteiger partial charge is 0.299 e. The highest BCUT2D eigenvalue weighted by atomic mass is 16.1. The van der Waals surface area contributed by atoms with E-state index in [1.807, 2.05) is 0 Å². The molecule has 13 heavy (non-hydrogen) atoms. The van der Waals surface area contributed by atoms with Crippen LogP contribution < -0.4 is 0 Å². The molecule has 1 heteroatoms. The monoisotopic (exact) mass is 178 g/mol. The summed E-state index contributed by atoms with van der Waals surface area (Å²) in [7, 11) is 0. The average molecular weight is 178 g/mol. The second-order valence-electron chi connectivity index (χ2n) is 5.51. The molecule has 0 aromatic heterocycles. The molecule has 0 aromatic carbocycles. The molecule has 4 unspecified atom stereocenters. The number of carbonyl (C=O) groups excluding carboxylic acids is 1. The smallest absolute Gasteiger partial charge is 0.137 e. The predicted molar refractivity (Wildman–Crippen MR) is 51.3 cm³/mol. The van der Waals surface area contributed by atoms with E-state index in [0.717, 1.165) is 12.3 Å². The lowest BCUT2D eigenvalue weighted by Crippen LogP contribution is -2.51. The molecule has 0 radical (unpaired) electrons. The topological polar surface area (TPSA) is 17.1 Å². The van der Waals surface area contributed by atoms with Gasteiger partial charge in [-0.25, -0.2) is 0 Å². The number of hydrogen-bond acceptors (Lipinski definition) is 1. The van der Waals surface area contributed by atoms with Crippen LogP contribution in [-0.2, 0) is 4.79 Å². The Bertz CT molecular complexity index is 258. The highest BCUT2D eigenvalue weighted by Crippen LogP contribution is 2.66. The van der Waals surface area contributed by atoms with Gasteiger partial charge < -0.3 is 0 Å². The van der Waals surface area contributed by atoms with Gasteiger partial charge in [0.1, 0.15) is 5.78 Å². The van der Waals surface area contributed by atoms with E-state index in [1.54, 1.807) is 0 Å². The molecule has 3 rings (SSSR count). The van der Waals surface area contributed by atoms with Crippen LogP contribution >= 0.6 is 0 Å². The maximum atomic E-state index is 11.6. The molecule has 0 bridgehead atoms. The maximum absolute atomic E-state index is 11.6. The molecular formula is C12H18O. The van der Waals surface area contributed by atoms with Crippen LogP contribution in [0.1, 0.15) is 45.4 Å². The van der Waals surface area contributed by atoms with Crippen molar-refractivity contribution in [3.05, 3.63) is 0 Å². The van der Waals surface area contributed by atoms with Crippen LogP contribution in [0.3, 0.4) is 0 Å². The zero-order valence-electron chi connectivity index (χ0n) is 8.38. The van der Waals surface area contributed by atoms with E-state index in [-0.39, 0.29) is 0 Å². The van der Waals surface area contributed by atoms with Crippen LogP contribution in [0.2, 0.25) is 0 Å². The number of hydrogen-bond donors (Lipinski definition) is 0. The summed E-state index contributed by atoms with van der Waals surface area (Å²) in [5.41, 5.74) is 0.523. The van der Waals surface area contributed by atoms with E-state index in [4.69, 9.17) is 0 Å². The fourth-order valence-electron chi connectivity index (χ4n) is 4.53. The summed E-state index contributed by atoms with van der Waals surface area (Å²) < 4.78 is 0. The van der Waals surface area contributed by atoms with Crippen LogP contribution in [0.5, 0.6) is 0 Å². The highest BCUT2D eigenvalue weighted by Gasteiger charge is 2.63. The van der Waals surface area contributed by atoms with E-state index in [2.05, 4.69) is 6.92 Å². The molecule has 4 atom stereocenters. The number of rotatable bonds is 0. The van der Waals surface area contributed by atoms with E-state index < -0.39 is 0 Å². The maximum Gasteiger partial charge on any atom is 0.137 e. The normalized spacial score (nSPS) is 53.9. The van der Waals surface area contributed by atoms with Gasteiger partial charge in [0.25, 0.3) is 0 Å². The number of ketones is 1. The molecule has 3 aliphatic rings. The third kappa shape index (κ3) is 0.812. The third-order valence-electron chi connectivity index (χ3n) is 4.95. The zero-order chi connectivity index (χ0) is 9.05. The van der Waals surface area contributed by atoms with Gasteiger partial charge in [0.2, 0.25) is 0 Å². The summed E-state index contributed by atoms with van der Waals surface area (Å²) >= 11 is 0. The summed E-state index contributed by atoms with van der Waals surface area (Å²) in [6, 6.07) is 0. The van der Waals surface area contributed by atoms with Gasteiger partial charge >= 0.3 is 0 Å². The van der Waals surface area contributed by atoms with Crippen LogP contribution in [0.4, 0.5) is 0 Å². The van der Waals surface area contributed by atoms with Gasteiger partial charge in [-0.1, -0.05) is 19.8 Å². The Kier molecular flexibility index (Phi) is 1.46. The summed E-state index contributed by atoms with van der Waals surface area (Å²) in [5, 5.41) is 0. The van der Waals surface area contributed by atoms with Gasteiger partial charge in [-0.05, 0) is 36.5 Å². The minimum Gasteiger partial charge on any atom is -0.299 e. The fourth-order valence-corrected chi connectivity index (χ4v) is 4.53. The van der Waals surface area contributed by atoms with Crippen molar-refractivity contribution in [1.29, 1.82) is 0 Å². The lowest BCUT2D eigenvalue weighted by atomic mass is 9.52. The standard InChI is InChI=1S/C12H18O/c1-8-6-9-4-2-3-5-12(9)7-10(13)11(8)12/h8-9,11H,2-7H2,1H3. The van der Waals surface area contributed by atoms with Crippen LogP contribution in [0.25, 0.3) is 0 Å². The molecule has 0 heterocycles. The molecule has 3 fully saturated rings. The molecule has 0 aromatic rings. The van der Waals surface area contributed by atoms with Crippen molar-refractivity contribution >= 4 is 5.78 Å². The highest BCUT2D eigenvalue weighted by molar-refractivity contribution is 5.90. The Morgan fingerprint density at radius 1 is 1.38 bits per heavy atom. The minimum atomic E-state index is 0.484. The SMILES string of the molecule is CC1CC2CCCCC23CC(=O)C13. The van der Waals surface area contributed by atoms with Gasteiger partial charge in [-0.3, -0.25) is 4.79 Å². The quantitative estimate of drug-likeness (QED) is 0.557. The fraction of sp³-hybridized carbons (Fsp3) is 0.917. The molecule has 0 N–H and O–H groups in total. The van der Waals surface area contributed by atoms with Crippen molar-refractivity contribution in [1.82, 2.24) is 0 Å². The van der Waals surface area contributed by atoms with Gasteiger partial charge in [0.05, 0.1) is 0 Å². The van der Waals surface area contributed by atoms with Gasteiger partial charge in [0.15, 0.2) is 0 Å². The third-order valence-corrected chi connectivity index (χ3v) is 4.95. The molecule has 0 amide bonds. The van der Waals surface area contributed by atoms with Gasteiger partial charge in [0, 0.05) is 12.3 Å². The Hall–Kier alpha value is -0.330. The van der Waals surface area contributed by atoms with Crippen molar-refractivity contribution in [2.45, 2.75) is 45.4 Å². The van der Waals surface area contributed by atoms with Crippen LogP contribution in [0, 0.1) is 23.2 Å². The summed E-state index contributed by atoms with van der Waals surface area (Å²) in [5.74, 6) is 2.68. The van der Waals surface area contributed by atoms with Gasteiger partial charge in [-0.15, -0.1) is 0 Å². The first kappa shape index (κ1) is 8.02. The van der Waals surface area contributed by atoms with Gasteiger partial charge in [-0.2, -0.15) is 0 Å². The van der Waals surface area contributed by atoms with Crippen molar-refractivity contribution in [3.63, 3.8) is 0 Å². The van der Waals surface area contributed by atoms with E-state index in [0.29, 0.717) is 23.0 Å². The molecule has 1 spiro atoms. The molecule has 72 valence electrons. The van der Waals surface area contributed by atoms with E-state index in [1.165, 1.54) is 32.1 Å². The summed E-state index contributed by atoms with van der Waals surface area (Å²) in [6.45, 7) is 2.29. The molecule has 3 saturated carbocycles. The van der Waals surface area contributed by atoms with Crippen molar-refractivity contribution in [2.75, 3.05) is 0 Å². The second kappa shape index (κ2) is 2.37. The van der Waals surface area contributed by atoms with Crippen molar-refractivity contribution < 1.29 is 4.79 Å². The predicted octanol–water partition coefficient (Wildman–Crippen LogP) is 2.79. The summed E-state index contributed by atoms with van der Waals surface area (Å²) in [6.07, 6.45) is 7.85. The molecule has 0 saturated heterocycles. The molecule has 3 aliphatic carbocycles. The van der Waals surface area contributed by atoms with Crippen molar-refractivity contribution in [2.24, 2.45) is 23.2 Å². The first-order chi connectivity index (χ1) is 6.24. The van der Waals surface area contributed by atoms with Crippen LogP contribution in [0.15, 0.2) is 0 Å². The molecule has 0 aliphatic heterocycles. The Labute approximate surface area is 79.9 Å². The second-order valence-corrected chi connectivity index (χ2v) is 5.51. The number of carbonyl (C=O) groups is 1. The average Bonchev–Trinajstić information content (AvgIpc) is 2.29. The summed E-state index contributed by atoms with van der Waals surface area (Å²) in [4.78, 5) is 11.6.